The molecule has 0 atom stereocenters. The van der Waals surface area contributed by atoms with Gasteiger partial charge in [0, 0.05) is 22.5 Å². The molecule has 2 rings (SSSR count). The normalized spacial score (nSPS) is 11.5. The summed E-state index contributed by atoms with van der Waals surface area (Å²) in [5.74, 6) is 0.732. The molecule has 0 unspecified atom stereocenters. The predicted octanol–water partition coefficient (Wildman–Crippen LogP) is 2.59. The largest absolute Gasteiger partial charge is 0.384 e. The summed E-state index contributed by atoms with van der Waals surface area (Å²) in [6.07, 6.45) is 0. The van der Waals surface area contributed by atoms with Gasteiger partial charge in [-0.25, -0.2) is 18.4 Å². The minimum atomic E-state index is -3.33. The Kier molecular flexibility index (Phi) is 5.08. The van der Waals surface area contributed by atoms with Crippen molar-refractivity contribution in [2.75, 3.05) is 17.2 Å². The number of sulfone groups is 1. The molecule has 1 heterocycles. The predicted molar refractivity (Wildman–Crippen MR) is 85.4 cm³/mol. The number of hydrogen-bond donors (Lipinski definition) is 1. The number of nitrogen functional groups attached to an aromatic ring is 1. The van der Waals surface area contributed by atoms with Crippen LogP contribution in [0.15, 0.2) is 40.4 Å². The maximum atomic E-state index is 12.1. The van der Waals surface area contributed by atoms with Crippen LogP contribution in [0.2, 0.25) is 5.02 Å². The van der Waals surface area contributed by atoms with Crippen molar-refractivity contribution < 1.29 is 8.42 Å². The summed E-state index contributed by atoms with van der Waals surface area (Å²) in [6.45, 7) is 1.81. The van der Waals surface area contributed by atoms with E-state index in [2.05, 4.69) is 9.97 Å². The molecule has 1 aromatic heterocycles. The summed E-state index contributed by atoms with van der Waals surface area (Å²) in [6, 6.07) is 7.79. The average Bonchev–Trinajstić information content (AvgIpc) is 2.37. The van der Waals surface area contributed by atoms with Gasteiger partial charge in [-0.2, -0.15) is 0 Å². The minimum Gasteiger partial charge on any atom is -0.384 e. The molecule has 21 heavy (non-hydrogen) atoms. The van der Waals surface area contributed by atoms with Crippen LogP contribution in [-0.4, -0.2) is 29.9 Å². The second-order valence-corrected chi connectivity index (χ2v) is 7.95. The number of rotatable bonds is 5. The number of nitrogens with two attached hydrogens (primary N) is 1. The van der Waals surface area contributed by atoms with E-state index in [4.69, 9.17) is 17.3 Å². The third-order valence-corrected chi connectivity index (χ3v) is 5.70. The van der Waals surface area contributed by atoms with E-state index in [0.717, 1.165) is 5.69 Å². The maximum Gasteiger partial charge on any atom is 0.189 e. The second-order valence-electron chi connectivity index (χ2n) is 4.34. The van der Waals surface area contributed by atoms with Gasteiger partial charge in [-0.05, 0) is 31.2 Å². The lowest BCUT2D eigenvalue weighted by atomic mass is 10.4. The topological polar surface area (TPSA) is 85.9 Å². The van der Waals surface area contributed by atoms with Gasteiger partial charge in [0.15, 0.2) is 15.0 Å². The van der Waals surface area contributed by atoms with Crippen LogP contribution in [0, 0.1) is 6.92 Å². The van der Waals surface area contributed by atoms with Gasteiger partial charge in [0.05, 0.1) is 10.6 Å². The first-order valence-electron chi connectivity index (χ1n) is 6.09. The molecule has 2 aromatic rings. The Balaban J connectivity index is 2.00. The van der Waals surface area contributed by atoms with Gasteiger partial charge in [-0.15, -0.1) is 0 Å². The molecule has 0 fully saturated rings. The Morgan fingerprint density at radius 2 is 1.90 bits per heavy atom. The third kappa shape index (κ3) is 4.59. The number of halogens is 1. The highest BCUT2D eigenvalue weighted by molar-refractivity contribution is 8.00. The first-order valence-corrected chi connectivity index (χ1v) is 9.11. The first kappa shape index (κ1) is 16.1. The molecule has 2 N–H and O–H groups in total. The third-order valence-electron chi connectivity index (χ3n) is 2.61. The Morgan fingerprint density at radius 1 is 1.24 bits per heavy atom. The zero-order valence-corrected chi connectivity index (χ0v) is 13.7. The number of aryl methyl sites for hydroxylation is 1. The summed E-state index contributed by atoms with van der Waals surface area (Å²) in [5.41, 5.74) is 6.38. The monoisotopic (exact) mass is 343 g/mol. The summed E-state index contributed by atoms with van der Waals surface area (Å²) in [4.78, 5) is 8.51. The van der Waals surface area contributed by atoms with Crippen LogP contribution < -0.4 is 5.73 Å². The molecule has 0 saturated carbocycles. The van der Waals surface area contributed by atoms with Crippen LogP contribution in [0.3, 0.4) is 0 Å². The Bertz CT molecular complexity index is 713. The van der Waals surface area contributed by atoms with Crippen LogP contribution in [0.4, 0.5) is 5.82 Å². The van der Waals surface area contributed by atoms with Crippen LogP contribution in [0.25, 0.3) is 0 Å². The van der Waals surface area contributed by atoms with Crippen molar-refractivity contribution in [2.24, 2.45) is 0 Å². The Morgan fingerprint density at radius 3 is 2.52 bits per heavy atom. The standard InChI is InChI=1S/C13H14ClN3O2S2/c1-9-8-12(15)17-13(16-9)20-6-7-21(18,19)11-4-2-10(14)3-5-11/h2-5,8H,6-7H2,1H3,(H2,15,16,17). The fourth-order valence-corrected chi connectivity index (χ4v) is 4.32. The molecule has 0 amide bonds. The van der Waals surface area contributed by atoms with E-state index >= 15 is 0 Å². The van der Waals surface area contributed by atoms with Gasteiger partial charge < -0.3 is 5.73 Å². The van der Waals surface area contributed by atoms with Gasteiger partial charge in [-0.1, -0.05) is 23.4 Å². The summed E-state index contributed by atoms with van der Waals surface area (Å²) < 4.78 is 24.3. The lowest BCUT2D eigenvalue weighted by Crippen LogP contribution is -2.09. The van der Waals surface area contributed by atoms with Crippen molar-refractivity contribution in [3.05, 3.63) is 41.0 Å². The van der Waals surface area contributed by atoms with E-state index in [1.807, 2.05) is 6.92 Å². The summed E-state index contributed by atoms with van der Waals surface area (Å²) in [7, 11) is -3.33. The highest BCUT2D eigenvalue weighted by Gasteiger charge is 2.14. The number of aromatic nitrogens is 2. The zero-order valence-electron chi connectivity index (χ0n) is 11.3. The molecule has 1 aromatic carbocycles. The van der Waals surface area contributed by atoms with Gasteiger partial charge in [0.2, 0.25) is 0 Å². The highest BCUT2D eigenvalue weighted by atomic mass is 35.5. The maximum absolute atomic E-state index is 12.1. The molecule has 8 heteroatoms. The molecule has 0 aliphatic heterocycles. The molecule has 0 spiro atoms. The molecule has 0 aliphatic rings. The van der Waals surface area contributed by atoms with Gasteiger partial charge >= 0.3 is 0 Å². The molecule has 0 saturated heterocycles. The van der Waals surface area contributed by atoms with E-state index in [9.17, 15) is 8.42 Å². The molecule has 112 valence electrons. The second kappa shape index (κ2) is 6.64. The SMILES string of the molecule is Cc1cc(N)nc(SCCS(=O)(=O)c2ccc(Cl)cc2)n1. The van der Waals surface area contributed by atoms with Crippen molar-refractivity contribution >= 4 is 39.0 Å². The smallest absolute Gasteiger partial charge is 0.189 e. The molecule has 0 bridgehead atoms. The van der Waals surface area contributed by atoms with E-state index in [-0.39, 0.29) is 10.6 Å². The zero-order chi connectivity index (χ0) is 15.5. The van der Waals surface area contributed by atoms with Gasteiger partial charge in [0.1, 0.15) is 5.82 Å². The number of anilines is 1. The van der Waals surface area contributed by atoms with Crippen molar-refractivity contribution in [3.8, 4) is 0 Å². The number of nitrogens with zero attached hydrogens (tertiary/aromatic N) is 2. The van der Waals surface area contributed by atoms with Crippen LogP contribution >= 0.6 is 23.4 Å². The summed E-state index contributed by atoms with van der Waals surface area (Å²) >= 11 is 7.01. The molecule has 5 nitrogen and oxygen atoms in total. The summed E-state index contributed by atoms with van der Waals surface area (Å²) in [5, 5.41) is 0.991. The highest BCUT2D eigenvalue weighted by Crippen LogP contribution is 2.19. The van der Waals surface area contributed by atoms with Crippen molar-refractivity contribution in [1.29, 1.82) is 0 Å². The van der Waals surface area contributed by atoms with E-state index in [1.165, 1.54) is 23.9 Å². The lowest BCUT2D eigenvalue weighted by Gasteiger charge is -2.05. The number of thioether (sulfide) groups is 1. The van der Waals surface area contributed by atoms with Crippen LogP contribution in [0.1, 0.15) is 5.69 Å². The van der Waals surface area contributed by atoms with Crippen molar-refractivity contribution in [2.45, 2.75) is 17.0 Å². The number of hydrogen-bond acceptors (Lipinski definition) is 6. The fraction of sp³-hybridized carbons (Fsp3) is 0.231. The van der Waals surface area contributed by atoms with E-state index < -0.39 is 9.84 Å². The quantitative estimate of drug-likeness (QED) is 0.663. The molecule has 0 aliphatic carbocycles. The van der Waals surface area contributed by atoms with E-state index in [1.54, 1.807) is 18.2 Å². The Hall–Kier alpha value is -1.31. The van der Waals surface area contributed by atoms with Crippen LogP contribution in [0.5, 0.6) is 0 Å². The Labute approximate surface area is 132 Å². The molecular formula is C13H14ClN3O2S2. The van der Waals surface area contributed by atoms with Crippen LogP contribution in [-0.2, 0) is 9.84 Å². The first-order chi connectivity index (χ1) is 9.87. The van der Waals surface area contributed by atoms with E-state index in [0.29, 0.717) is 21.7 Å². The molecule has 0 radical (unpaired) electrons. The minimum absolute atomic E-state index is 0.00347. The van der Waals surface area contributed by atoms with Gasteiger partial charge in [-0.3, -0.25) is 0 Å². The fourth-order valence-electron chi connectivity index (χ4n) is 1.63. The van der Waals surface area contributed by atoms with Gasteiger partial charge in [0.25, 0.3) is 0 Å². The molecular weight excluding hydrogens is 330 g/mol. The number of benzene rings is 1. The average molecular weight is 344 g/mol. The van der Waals surface area contributed by atoms with Crippen molar-refractivity contribution in [3.63, 3.8) is 0 Å². The van der Waals surface area contributed by atoms with Crippen molar-refractivity contribution in [1.82, 2.24) is 9.97 Å². The lowest BCUT2D eigenvalue weighted by molar-refractivity contribution is 0.597.